The van der Waals surface area contributed by atoms with Crippen molar-refractivity contribution in [1.82, 2.24) is 10.6 Å². The van der Waals surface area contributed by atoms with Gasteiger partial charge < -0.3 is 5.11 Å². The molecule has 0 saturated heterocycles. The van der Waals surface area contributed by atoms with Crippen LogP contribution in [-0.4, -0.2) is 22.4 Å². The van der Waals surface area contributed by atoms with Crippen molar-refractivity contribution < 1.29 is 5.11 Å². The molecular formula is C16H27ClN2O. The third-order valence-electron chi connectivity index (χ3n) is 2.72. The SMILES string of the molecule is CC(C)(C)NC(NC(C)(C)C)C(O)c1ccccc1Cl. The molecule has 20 heavy (non-hydrogen) atoms. The van der Waals surface area contributed by atoms with Crippen LogP contribution < -0.4 is 10.6 Å². The van der Waals surface area contributed by atoms with Crippen LogP contribution in [0.2, 0.25) is 5.02 Å². The van der Waals surface area contributed by atoms with E-state index in [0.29, 0.717) is 5.02 Å². The topological polar surface area (TPSA) is 44.3 Å². The highest BCUT2D eigenvalue weighted by Gasteiger charge is 2.29. The second-order valence-corrected chi connectivity index (χ2v) is 7.64. The molecule has 0 heterocycles. The Morgan fingerprint density at radius 1 is 0.950 bits per heavy atom. The predicted molar refractivity (Wildman–Crippen MR) is 86.0 cm³/mol. The van der Waals surface area contributed by atoms with E-state index < -0.39 is 6.10 Å². The Hall–Kier alpha value is -0.610. The smallest absolute Gasteiger partial charge is 0.109 e. The van der Waals surface area contributed by atoms with Gasteiger partial charge in [0.25, 0.3) is 0 Å². The predicted octanol–water partition coefficient (Wildman–Crippen LogP) is 3.48. The molecule has 0 amide bonds. The molecule has 1 rings (SSSR count). The minimum atomic E-state index is -0.720. The molecule has 3 nitrogen and oxygen atoms in total. The Bertz CT molecular complexity index is 419. The van der Waals surface area contributed by atoms with Gasteiger partial charge in [0.15, 0.2) is 0 Å². The fourth-order valence-corrected chi connectivity index (χ4v) is 2.27. The molecule has 1 aromatic rings. The second kappa shape index (κ2) is 6.44. The number of hydrogen-bond acceptors (Lipinski definition) is 3. The van der Waals surface area contributed by atoms with Crippen LogP contribution >= 0.6 is 11.6 Å². The summed E-state index contributed by atoms with van der Waals surface area (Å²) in [6.07, 6.45) is -1.00. The lowest BCUT2D eigenvalue weighted by Crippen LogP contribution is -2.58. The van der Waals surface area contributed by atoms with Crippen molar-refractivity contribution in [1.29, 1.82) is 0 Å². The van der Waals surface area contributed by atoms with Gasteiger partial charge in [-0.15, -0.1) is 0 Å². The summed E-state index contributed by atoms with van der Waals surface area (Å²) in [4.78, 5) is 0. The van der Waals surface area contributed by atoms with Crippen molar-refractivity contribution in [3.05, 3.63) is 34.9 Å². The first-order valence-corrected chi connectivity index (χ1v) is 7.35. The van der Waals surface area contributed by atoms with Crippen molar-refractivity contribution in [3.8, 4) is 0 Å². The fourth-order valence-electron chi connectivity index (χ4n) is 2.02. The molecule has 0 bridgehead atoms. The van der Waals surface area contributed by atoms with E-state index in [1.165, 1.54) is 0 Å². The van der Waals surface area contributed by atoms with Gasteiger partial charge in [-0.25, -0.2) is 0 Å². The van der Waals surface area contributed by atoms with E-state index >= 15 is 0 Å². The van der Waals surface area contributed by atoms with Crippen LogP contribution in [-0.2, 0) is 0 Å². The normalized spacial score (nSPS) is 14.7. The van der Waals surface area contributed by atoms with Crippen LogP contribution in [0.5, 0.6) is 0 Å². The van der Waals surface area contributed by atoms with Crippen molar-refractivity contribution in [2.24, 2.45) is 0 Å². The summed E-state index contributed by atoms with van der Waals surface area (Å²) in [6.45, 7) is 12.4. The summed E-state index contributed by atoms with van der Waals surface area (Å²) in [5.74, 6) is 0. The van der Waals surface area contributed by atoms with E-state index in [9.17, 15) is 5.11 Å². The first-order valence-electron chi connectivity index (χ1n) is 6.97. The lowest BCUT2D eigenvalue weighted by atomic mass is 10.0. The summed E-state index contributed by atoms with van der Waals surface area (Å²) < 4.78 is 0. The number of hydrogen-bond donors (Lipinski definition) is 3. The molecule has 0 fully saturated rings. The molecule has 3 N–H and O–H groups in total. The van der Waals surface area contributed by atoms with Gasteiger partial charge in [0, 0.05) is 21.7 Å². The van der Waals surface area contributed by atoms with Gasteiger partial charge in [-0.2, -0.15) is 0 Å². The van der Waals surface area contributed by atoms with Crippen LogP contribution in [0.3, 0.4) is 0 Å². The van der Waals surface area contributed by atoms with Gasteiger partial charge in [0.2, 0.25) is 0 Å². The first kappa shape index (κ1) is 17.4. The third-order valence-corrected chi connectivity index (χ3v) is 3.06. The summed E-state index contributed by atoms with van der Waals surface area (Å²) in [7, 11) is 0. The number of benzene rings is 1. The lowest BCUT2D eigenvalue weighted by Gasteiger charge is -2.37. The maximum atomic E-state index is 10.7. The number of nitrogens with one attached hydrogen (secondary N) is 2. The molecule has 4 heteroatoms. The Balaban J connectivity index is 3.01. The maximum Gasteiger partial charge on any atom is 0.109 e. The average molecular weight is 299 g/mol. The van der Waals surface area contributed by atoms with Gasteiger partial charge in [0.05, 0.1) is 6.17 Å². The first-order chi connectivity index (χ1) is 8.99. The largest absolute Gasteiger partial charge is 0.385 e. The summed E-state index contributed by atoms with van der Waals surface area (Å²) in [6, 6.07) is 7.40. The zero-order chi connectivity index (χ0) is 15.6. The number of aliphatic hydroxyl groups excluding tert-OH is 1. The molecule has 114 valence electrons. The van der Waals surface area contributed by atoms with Crippen LogP contribution in [0.4, 0.5) is 0 Å². The summed E-state index contributed by atoms with van der Waals surface area (Å²) >= 11 is 6.19. The third kappa shape index (κ3) is 5.80. The quantitative estimate of drug-likeness (QED) is 0.746. The van der Waals surface area contributed by atoms with Crippen molar-refractivity contribution in [3.63, 3.8) is 0 Å². The van der Waals surface area contributed by atoms with E-state index in [4.69, 9.17) is 11.6 Å². The highest BCUT2D eigenvalue weighted by molar-refractivity contribution is 6.31. The minimum absolute atomic E-state index is 0.120. The standard InChI is InChI=1S/C16H27ClN2O/c1-15(2,3)18-14(19-16(4,5)6)13(20)11-9-7-8-10-12(11)17/h7-10,13-14,18-20H,1-6H3. The Morgan fingerprint density at radius 3 is 1.80 bits per heavy atom. The van der Waals surface area contributed by atoms with Crippen LogP contribution in [0.25, 0.3) is 0 Å². The van der Waals surface area contributed by atoms with Crippen molar-refractivity contribution in [2.45, 2.75) is 64.9 Å². The molecule has 0 aromatic heterocycles. The molecule has 0 aliphatic heterocycles. The molecule has 1 unspecified atom stereocenters. The van der Waals surface area contributed by atoms with Gasteiger partial charge in [0.1, 0.15) is 6.10 Å². The van der Waals surface area contributed by atoms with E-state index in [-0.39, 0.29) is 17.2 Å². The molecule has 0 aliphatic carbocycles. The Labute approximate surface area is 127 Å². The molecule has 1 atom stereocenters. The van der Waals surface area contributed by atoms with E-state index in [1.807, 2.05) is 18.2 Å². The summed E-state index contributed by atoms with van der Waals surface area (Å²) in [5.41, 5.74) is 0.490. The van der Waals surface area contributed by atoms with Crippen molar-refractivity contribution in [2.75, 3.05) is 0 Å². The van der Waals surface area contributed by atoms with Gasteiger partial charge in [-0.05, 0) is 47.6 Å². The van der Waals surface area contributed by atoms with E-state index in [2.05, 4.69) is 52.2 Å². The van der Waals surface area contributed by atoms with Crippen LogP contribution in [0.1, 0.15) is 53.2 Å². The second-order valence-electron chi connectivity index (χ2n) is 7.23. The summed E-state index contributed by atoms with van der Waals surface area (Å²) in [5, 5.41) is 18.1. The number of aliphatic hydroxyl groups is 1. The van der Waals surface area contributed by atoms with Crippen LogP contribution in [0.15, 0.2) is 24.3 Å². The molecule has 0 radical (unpaired) electrons. The van der Waals surface area contributed by atoms with E-state index in [1.54, 1.807) is 6.07 Å². The van der Waals surface area contributed by atoms with Gasteiger partial charge in [-0.3, -0.25) is 10.6 Å². The molecule has 1 aromatic carbocycles. The van der Waals surface area contributed by atoms with Crippen LogP contribution in [0, 0.1) is 0 Å². The highest BCUT2D eigenvalue weighted by Crippen LogP contribution is 2.26. The molecule has 0 saturated carbocycles. The fraction of sp³-hybridized carbons (Fsp3) is 0.625. The lowest BCUT2D eigenvalue weighted by molar-refractivity contribution is 0.0798. The van der Waals surface area contributed by atoms with Crippen molar-refractivity contribution >= 4 is 11.6 Å². The zero-order valence-corrected chi connectivity index (χ0v) is 14.0. The average Bonchev–Trinajstić information content (AvgIpc) is 2.24. The zero-order valence-electron chi connectivity index (χ0n) is 13.3. The Kier molecular flexibility index (Phi) is 5.61. The Morgan fingerprint density at radius 2 is 1.40 bits per heavy atom. The van der Waals surface area contributed by atoms with E-state index in [0.717, 1.165) is 5.56 Å². The highest BCUT2D eigenvalue weighted by atomic mass is 35.5. The molecule has 0 aliphatic rings. The molecular weight excluding hydrogens is 272 g/mol. The number of rotatable bonds is 4. The molecule has 0 spiro atoms. The monoisotopic (exact) mass is 298 g/mol. The maximum absolute atomic E-state index is 10.7. The number of halogens is 1. The van der Waals surface area contributed by atoms with Gasteiger partial charge in [-0.1, -0.05) is 29.8 Å². The van der Waals surface area contributed by atoms with Gasteiger partial charge >= 0.3 is 0 Å². The minimum Gasteiger partial charge on any atom is -0.385 e.